The van der Waals surface area contributed by atoms with Crippen LogP contribution < -0.4 is 4.74 Å². The molecule has 0 fully saturated rings. The summed E-state index contributed by atoms with van der Waals surface area (Å²) in [5, 5.41) is 4.22. The van der Waals surface area contributed by atoms with E-state index in [0.717, 1.165) is 30.9 Å². The van der Waals surface area contributed by atoms with E-state index in [2.05, 4.69) is 36.0 Å². The van der Waals surface area contributed by atoms with Gasteiger partial charge in [0.15, 0.2) is 0 Å². The molecule has 6 nitrogen and oxygen atoms in total. The third-order valence-electron chi connectivity index (χ3n) is 4.93. The van der Waals surface area contributed by atoms with Gasteiger partial charge in [-0.05, 0) is 43.8 Å². The maximum Gasteiger partial charge on any atom is 0.272 e. The van der Waals surface area contributed by atoms with Crippen LogP contribution in [-0.2, 0) is 19.6 Å². The van der Waals surface area contributed by atoms with E-state index in [0.29, 0.717) is 31.9 Å². The van der Waals surface area contributed by atoms with Crippen LogP contribution in [0.2, 0.25) is 0 Å². The molecule has 1 aromatic carbocycles. The van der Waals surface area contributed by atoms with E-state index in [1.165, 1.54) is 5.56 Å². The monoisotopic (exact) mass is 356 g/mol. The molecule has 1 aliphatic rings. The molecule has 0 spiro atoms. The Bertz CT molecular complexity index is 752. The number of benzene rings is 1. The maximum absolute atomic E-state index is 13.0. The molecule has 0 N–H and O–H groups in total. The van der Waals surface area contributed by atoms with Crippen molar-refractivity contribution in [3.05, 3.63) is 47.3 Å². The second-order valence-corrected chi connectivity index (χ2v) is 6.51. The van der Waals surface area contributed by atoms with Gasteiger partial charge in [0.25, 0.3) is 5.91 Å². The van der Waals surface area contributed by atoms with Gasteiger partial charge in [-0.25, -0.2) is 0 Å². The van der Waals surface area contributed by atoms with Crippen LogP contribution in [0.5, 0.6) is 5.75 Å². The molecule has 2 heterocycles. The number of nitrogens with zero attached hydrogens (tertiary/aromatic N) is 4. The number of aryl methyl sites for hydroxylation is 1. The first-order valence-electron chi connectivity index (χ1n) is 9.44. The predicted molar refractivity (Wildman–Crippen MR) is 101 cm³/mol. The summed E-state index contributed by atoms with van der Waals surface area (Å²) in [6.45, 7) is 11.6. The van der Waals surface area contributed by atoms with Gasteiger partial charge in [-0.3, -0.25) is 14.4 Å². The number of carbonyl (C=O) groups excluding carboxylic acids is 1. The zero-order chi connectivity index (χ0) is 18.5. The summed E-state index contributed by atoms with van der Waals surface area (Å²) in [5.41, 5.74) is 2.96. The van der Waals surface area contributed by atoms with Crippen molar-refractivity contribution in [2.24, 2.45) is 0 Å². The lowest BCUT2D eigenvalue weighted by atomic mass is 10.1. The van der Waals surface area contributed by atoms with Gasteiger partial charge in [0.2, 0.25) is 0 Å². The van der Waals surface area contributed by atoms with Crippen molar-refractivity contribution >= 4 is 5.91 Å². The molecule has 0 saturated heterocycles. The lowest BCUT2D eigenvalue weighted by Crippen LogP contribution is -2.34. The third-order valence-corrected chi connectivity index (χ3v) is 4.93. The Labute approximate surface area is 155 Å². The molecule has 3 rings (SSSR count). The number of carbonyl (C=O) groups is 1. The SMILES string of the molecule is CCN(CC)Cc1ccc2c(c1)CN(C(=O)c1ccnn1CC)CCO2. The molecular weight excluding hydrogens is 328 g/mol. The van der Waals surface area contributed by atoms with Crippen LogP contribution >= 0.6 is 0 Å². The first-order valence-corrected chi connectivity index (χ1v) is 9.44. The summed E-state index contributed by atoms with van der Waals surface area (Å²) in [5.74, 6) is 0.891. The molecule has 1 amide bonds. The lowest BCUT2D eigenvalue weighted by Gasteiger charge is -2.21. The molecule has 0 unspecified atom stereocenters. The third kappa shape index (κ3) is 3.90. The number of aromatic nitrogens is 2. The average Bonchev–Trinajstić information content (AvgIpc) is 3.04. The Morgan fingerprint density at radius 3 is 2.77 bits per heavy atom. The van der Waals surface area contributed by atoms with Crippen LogP contribution in [-0.4, -0.2) is 51.7 Å². The fraction of sp³-hybridized carbons (Fsp3) is 0.500. The van der Waals surface area contributed by atoms with Crippen LogP contribution in [0, 0.1) is 0 Å². The van der Waals surface area contributed by atoms with Gasteiger partial charge in [0.05, 0.1) is 6.54 Å². The minimum absolute atomic E-state index is 0.00921. The van der Waals surface area contributed by atoms with E-state index in [1.54, 1.807) is 16.9 Å². The molecule has 0 aliphatic carbocycles. The van der Waals surface area contributed by atoms with Crippen molar-refractivity contribution in [1.29, 1.82) is 0 Å². The Kier molecular flexibility index (Phi) is 5.93. The van der Waals surface area contributed by atoms with Gasteiger partial charge in [-0.2, -0.15) is 5.10 Å². The predicted octanol–water partition coefficient (Wildman–Crippen LogP) is 2.78. The number of fused-ring (bicyclic) bond motifs is 1. The van der Waals surface area contributed by atoms with Crippen molar-refractivity contribution in [3.63, 3.8) is 0 Å². The molecular formula is C20H28N4O2. The number of amides is 1. The molecule has 6 heteroatoms. The molecule has 0 bridgehead atoms. The van der Waals surface area contributed by atoms with E-state index >= 15 is 0 Å². The largest absolute Gasteiger partial charge is 0.491 e. The molecule has 26 heavy (non-hydrogen) atoms. The van der Waals surface area contributed by atoms with E-state index in [1.807, 2.05) is 17.9 Å². The first-order chi connectivity index (χ1) is 12.7. The summed E-state index contributed by atoms with van der Waals surface area (Å²) in [4.78, 5) is 17.2. The Balaban J connectivity index is 1.81. The minimum atomic E-state index is 0.00921. The minimum Gasteiger partial charge on any atom is -0.491 e. The Morgan fingerprint density at radius 2 is 2.04 bits per heavy atom. The molecule has 1 aromatic heterocycles. The standard InChI is InChI=1S/C20H28N4O2/c1-4-22(5-2)14-16-7-8-19-17(13-16)15-23(11-12-26-19)20(25)18-9-10-21-24(18)6-3/h7-10,13H,4-6,11-12,14-15H2,1-3H3. The fourth-order valence-corrected chi connectivity index (χ4v) is 3.35. The summed E-state index contributed by atoms with van der Waals surface area (Å²) >= 11 is 0. The highest BCUT2D eigenvalue weighted by atomic mass is 16.5. The molecule has 140 valence electrons. The lowest BCUT2D eigenvalue weighted by molar-refractivity contribution is 0.0720. The number of hydrogen-bond donors (Lipinski definition) is 0. The van der Waals surface area contributed by atoms with Crippen molar-refractivity contribution < 1.29 is 9.53 Å². The van der Waals surface area contributed by atoms with E-state index in [9.17, 15) is 4.79 Å². The molecule has 1 aliphatic heterocycles. The van der Waals surface area contributed by atoms with Gasteiger partial charge in [-0.15, -0.1) is 0 Å². The Morgan fingerprint density at radius 1 is 1.23 bits per heavy atom. The topological polar surface area (TPSA) is 50.6 Å². The van der Waals surface area contributed by atoms with Crippen LogP contribution in [0.4, 0.5) is 0 Å². The van der Waals surface area contributed by atoms with Crippen LogP contribution in [0.3, 0.4) is 0 Å². The highest BCUT2D eigenvalue weighted by Gasteiger charge is 2.23. The Hall–Kier alpha value is -2.34. The summed E-state index contributed by atoms with van der Waals surface area (Å²) in [6, 6.07) is 8.13. The van der Waals surface area contributed by atoms with Gasteiger partial charge in [0.1, 0.15) is 18.1 Å². The average molecular weight is 356 g/mol. The molecule has 0 saturated carbocycles. The van der Waals surface area contributed by atoms with Gasteiger partial charge < -0.3 is 9.64 Å². The van der Waals surface area contributed by atoms with Crippen molar-refractivity contribution in [2.75, 3.05) is 26.2 Å². The van der Waals surface area contributed by atoms with Crippen molar-refractivity contribution in [1.82, 2.24) is 19.6 Å². The van der Waals surface area contributed by atoms with E-state index < -0.39 is 0 Å². The number of hydrogen-bond acceptors (Lipinski definition) is 4. The first kappa shape index (κ1) is 18.5. The molecule has 0 atom stereocenters. The highest BCUT2D eigenvalue weighted by Crippen LogP contribution is 2.26. The smallest absolute Gasteiger partial charge is 0.272 e. The molecule has 0 radical (unpaired) electrons. The summed E-state index contributed by atoms with van der Waals surface area (Å²) in [7, 11) is 0. The van der Waals surface area contributed by atoms with E-state index in [-0.39, 0.29) is 5.91 Å². The van der Waals surface area contributed by atoms with Gasteiger partial charge >= 0.3 is 0 Å². The van der Waals surface area contributed by atoms with Crippen LogP contribution in [0.1, 0.15) is 42.4 Å². The second-order valence-electron chi connectivity index (χ2n) is 6.51. The quantitative estimate of drug-likeness (QED) is 0.799. The van der Waals surface area contributed by atoms with Crippen LogP contribution in [0.15, 0.2) is 30.5 Å². The van der Waals surface area contributed by atoms with Crippen LogP contribution in [0.25, 0.3) is 0 Å². The van der Waals surface area contributed by atoms with Gasteiger partial charge in [0, 0.05) is 31.4 Å². The number of rotatable bonds is 6. The summed E-state index contributed by atoms with van der Waals surface area (Å²) < 4.78 is 7.63. The zero-order valence-corrected chi connectivity index (χ0v) is 15.9. The second kappa shape index (κ2) is 8.36. The zero-order valence-electron chi connectivity index (χ0n) is 15.9. The number of ether oxygens (including phenoxy) is 1. The van der Waals surface area contributed by atoms with Crippen molar-refractivity contribution in [3.8, 4) is 5.75 Å². The molecule has 2 aromatic rings. The fourth-order valence-electron chi connectivity index (χ4n) is 3.35. The van der Waals surface area contributed by atoms with Crippen molar-refractivity contribution in [2.45, 2.75) is 40.4 Å². The normalized spacial score (nSPS) is 14.1. The van der Waals surface area contributed by atoms with E-state index in [4.69, 9.17) is 4.74 Å². The van der Waals surface area contributed by atoms with Gasteiger partial charge in [-0.1, -0.05) is 19.9 Å². The summed E-state index contributed by atoms with van der Waals surface area (Å²) in [6.07, 6.45) is 1.68. The maximum atomic E-state index is 13.0. The highest BCUT2D eigenvalue weighted by molar-refractivity contribution is 5.92.